The van der Waals surface area contributed by atoms with Gasteiger partial charge in [0, 0.05) is 6.21 Å². The fourth-order valence-electron chi connectivity index (χ4n) is 2.73. The lowest BCUT2D eigenvalue weighted by Crippen LogP contribution is -2.18. The minimum Gasteiger partial charge on any atom is -0.497 e. The Kier molecular flexibility index (Phi) is 6.14. The fourth-order valence-corrected chi connectivity index (χ4v) is 3.61. The summed E-state index contributed by atoms with van der Waals surface area (Å²) in [6.07, 6.45) is 8.61. The van der Waals surface area contributed by atoms with E-state index in [-0.39, 0.29) is 0 Å². The van der Waals surface area contributed by atoms with Crippen LogP contribution in [-0.4, -0.2) is 23.8 Å². The molecule has 1 saturated carbocycles. The van der Waals surface area contributed by atoms with Crippen LogP contribution in [0.25, 0.3) is 0 Å². The van der Waals surface area contributed by atoms with E-state index in [1.165, 1.54) is 36.5 Å². The average Bonchev–Trinajstić information content (AvgIpc) is 2.46. The van der Waals surface area contributed by atoms with Gasteiger partial charge in [0.2, 0.25) is 0 Å². The van der Waals surface area contributed by atoms with Gasteiger partial charge in [0.25, 0.3) is 0 Å². The number of halogens is 1. The number of hydrogen-bond acceptors (Lipinski definition) is 2. The van der Waals surface area contributed by atoms with Gasteiger partial charge in [-0.25, -0.2) is 0 Å². The molecule has 1 fully saturated rings. The summed E-state index contributed by atoms with van der Waals surface area (Å²) in [5, 5.41) is 0. The summed E-state index contributed by atoms with van der Waals surface area (Å²) < 4.78 is 6.51. The predicted octanol–water partition coefficient (Wildman–Crippen LogP) is 4.50. The molecular weight excluding hydrogens is 349 g/mol. The molecule has 0 N–H and O–H groups in total. The van der Waals surface area contributed by atoms with Crippen molar-refractivity contribution in [1.29, 1.82) is 0 Å². The number of methoxy groups -OCH3 is 1. The lowest BCUT2D eigenvalue weighted by atomic mass is 9.84. The highest BCUT2D eigenvalue weighted by Crippen LogP contribution is 2.29. The number of hydrogen-bond donors (Lipinski definition) is 0. The molecule has 1 aliphatic carbocycles. The molecule has 1 aromatic rings. The van der Waals surface area contributed by atoms with Crippen LogP contribution in [0, 0.1) is 5.92 Å². The van der Waals surface area contributed by atoms with Crippen molar-refractivity contribution in [2.45, 2.75) is 38.1 Å². The van der Waals surface area contributed by atoms with E-state index in [4.69, 9.17) is 9.73 Å². The summed E-state index contributed by atoms with van der Waals surface area (Å²) in [4.78, 5) is 4.78. The standard InChI is InChI=1S/C16H22INO/c1-19-16-7-3-5-14(11-16)12-18-15-6-2-4-13(10-15)8-9-17/h3,5,7,11-13,15H,2,4,6,8-10H2,1H3. The van der Waals surface area contributed by atoms with Crippen LogP contribution in [0.4, 0.5) is 0 Å². The number of benzene rings is 1. The highest BCUT2D eigenvalue weighted by atomic mass is 127. The molecule has 1 aromatic carbocycles. The van der Waals surface area contributed by atoms with Gasteiger partial charge in [-0.1, -0.05) is 47.6 Å². The zero-order valence-electron chi connectivity index (χ0n) is 11.5. The van der Waals surface area contributed by atoms with Crippen molar-refractivity contribution in [3.05, 3.63) is 29.8 Å². The fraction of sp³-hybridized carbons (Fsp3) is 0.562. The first-order valence-electron chi connectivity index (χ1n) is 7.05. The monoisotopic (exact) mass is 371 g/mol. The molecule has 0 heterocycles. The van der Waals surface area contributed by atoms with Crippen LogP contribution in [0.1, 0.15) is 37.7 Å². The molecule has 2 atom stereocenters. The first kappa shape index (κ1) is 14.8. The normalized spacial score (nSPS) is 23.7. The van der Waals surface area contributed by atoms with E-state index in [2.05, 4.69) is 28.7 Å². The van der Waals surface area contributed by atoms with Crippen molar-refractivity contribution in [2.24, 2.45) is 10.9 Å². The maximum absolute atomic E-state index is 5.23. The molecule has 0 amide bonds. The summed E-state index contributed by atoms with van der Waals surface area (Å²) in [5.41, 5.74) is 1.13. The number of nitrogens with zero attached hydrogens (tertiary/aromatic N) is 1. The minimum atomic E-state index is 0.521. The van der Waals surface area contributed by atoms with E-state index in [9.17, 15) is 0 Å². The molecule has 19 heavy (non-hydrogen) atoms. The predicted molar refractivity (Wildman–Crippen MR) is 89.8 cm³/mol. The second-order valence-corrected chi connectivity index (χ2v) is 6.30. The molecule has 0 aromatic heterocycles. The topological polar surface area (TPSA) is 21.6 Å². The Labute approximate surface area is 129 Å². The number of aliphatic imine (C=N–C) groups is 1. The molecule has 0 aliphatic heterocycles. The largest absolute Gasteiger partial charge is 0.497 e. The average molecular weight is 371 g/mol. The smallest absolute Gasteiger partial charge is 0.119 e. The van der Waals surface area contributed by atoms with Crippen LogP contribution in [0.2, 0.25) is 0 Å². The Bertz CT molecular complexity index is 417. The summed E-state index contributed by atoms with van der Waals surface area (Å²) in [6, 6.07) is 8.62. The molecule has 1 aliphatic rings. The van der Waals surface area contributed by atoms with Crippen molar-refractivity contribution in [2.75, 3.05) is 11.5 Å². The number of ether oxygens (including phenoxy) is 1. The van der Waals surface area contributed by atoms with Crippen LogP contribution in [0.3, 0.4) is 0 Å². The highest BCUT2D eigenvalue weighted by Gasteiger charge is 2.20. The highest BCUT2D eigenvalue weighted by molar-refractivity contribution is 14.1. The van der Waals surface area contributed by atoms with E-state index < -0.39 is 0 Å². The first-order valence-corrected chi connectivity index (χ1v) is 8.57. The van der Waals surface area contributed by atoms with Gasteiger partial charge in [0.15, 0.2) is 0 Å². The molecule has 3 heteroatoms. The van der Waals surface area contributed by atoms with Crippen LogP contribution >= 0.6 is 22.6 Å². The van der Waals surface area contributed by atoms with Crippen molar-refractivity contribution in [1.82, 2.24) is 0 Å². The molecule has 0 radical (unpaired) electrons. The summed E-state index contributed by atoms with van der Waals surface area (Å²) >= 11 is 2.48. The molecule has 0 bridgehead atoms. The molecule has 0 spiro atoms. The Morgan fingerprint density at radius 3 is 3.11 bits per heavy atom. The Hall–Kier alpha value is -0.580. The number of rotatable bonds is 5. The van der Waals surface area contributed by atoms with Gasteiger partial charge < -0.3 is 4.74 Å². The van der Waals surface area contributed by atoms with Crippen LogP contribution < -0.4 is 4.74 Å². The lowest BCUT2D eigenvalue weighted by Gasteiger charge is -2.26. The zero-order chi connectivity index (χ0) is 13.5. The first-order chi connectivity index (χ1) is 9.31. The second-order valence-electron chi connectivity index (χ2n) is 5.22. The van der Waals surface area contributed by atoms with Gasteiger partial charge in [-0.15, -0.1) is 0 Å². The molecule has 2 rings (SSSR count). The molecule has 104 valence electrons. The van der Waals surface area contributed by atoms with E-state index in [1.807, 2.05) is 24.4 Å². The van der Waals surface area contributed by atoms with E-state index >= 15 is 0 Å². The van der Waals surface area contributed by atoms with Crippen LogP contribution in [0.15, 0.2) is 29.3 Å². The van der Waals surface area contributed by atoms with Gasteiger partial charge in [-0.3, -0.25) is 4.99 Å². The third kappa shape index (κ3) is 4.79. The van der Waals surface area contributed by atoms with Crippen molar-refractivity contribution in [3.63, 3.8) is 0 Å². The van der Waals surface area contributed by atoms with Crippen LogP contribution in [-0.2, 0) is 0 Å². The van der Waals surface area contributed by atoms with Gasteiger partial charge in [-0.05, 0) is 47.3 Å². The van der Waals surface area contributed by atoms with Crippen molar-refractivity contribution >= 4 is 28.8 Å². The molecule has 0 saturated heterocycles. The van der Waals surface area contributed by atoms with Crippen molar-refractivity contribution < 1.29 is 4.74 Å². The van der Waals surface area contributed by atoms with Gasteiger partial charge in [0.05, 0.1) is 13.2 Å². The summed E-state index contributed by atoms with van der Waals surface area (Å²) in [5.74, 6) is 1.79. The Balaban J connectivity index is 1.93. The number of alkyl halides is 1. The van der Waals surface area contributed by atoms with E-state index in [1.54, 1.807) is 7.11 Å². The zero-order valence-corrected chi connectivity index (χ0v) is 13.7. The maximum Gasteiger partial charge on any atom is 0.119 e. The van der Waals surface area contributed by atoms with Crippen molar-refractivity contribution in [3.8, 4) is 5.75 Å². The molecular formula is C16H22INO. The van der Waals surface area contributed by atoms with E-state index in [0.717, 1.165) is 17.2 Å². The quantitative estimate of drug-likeness (QED) is 0.424. The molecule has 2 unspecified atom stereocenters. The maximum atomic E-state index is 5.23. The molecule has 2 nitrogen and oxygen atoms in total. The Morgan fingerprint density at radius 1 is 1.42 bits per heavy atom. The lowest BCUT2D eigenvalue weighted by molar-refractivity contribution is 0.319. The summed E-state index contributed by atoms with van der Waals surface area (Å²) in [6.45, 7) is 0. The van der Waals surface area contributed by atoms with Gasteiger partial charge >= 0.3 is 0 Å². The second kappa shape index (κ2) is 7.88. The third-order valence-electron chi connectivity index (χ3n) is 3.80. The minimum absolute atomic E-state index is 0.521. The van der Waals surface area contributed by atoms with Gasteiger partial charge in [-0.2, -0.15) is 0 Å². The van der Waals surface area contributed by atoms with Crippen LogP contribution in [0.5, 0.6) is 5.75 Å². The third-order valence-corrected chi connectivity index (χ3v) is 4.42. The Morgan fingerprint density at radius 2 is 2.32 bits per heavy atom. The SMILES string of the molecule is COc1cccc(C=NC2CCCC(CCI)C2)c1. The summed E-state index contributed by atoms with van der Waals surface area (Å²) in [7, 11) is 1.70. The van der Waals surface area contributed by atoms with E-state index in [0.29, 0.717) is 6.04 Å². The van der Waals surface area contributed by atoms with Gasteiger partial charge in [0.1, 0.15) is 5.75 Å².